The van der Waals surface area contributed by atoms with Crippen LogP contribution in [0.2, 0.25) is 0 Å². The first-order valence-corrected chi connectivity index (χ1v) is 16.4. The van der Waals surface area contributed by atoms with Gasteiger partial charge in [-0.15, -0.1) is 0 Å². The van der Waals surface area contributed by atoms with E-state index in [1.807, 2.05) is 103 Å². The Morgan fingerprint density at radius 1 is 0.380 bits per heavy atom. The van der Waals surface area contributed by atoms with E-state index in [9.17, 15) is 0 Å². The van der Waals surface area contributed by atoms with Crippen molar-refractivity contribution in [2.45, 2.75) is 0 Å². The summed E-state index contributed by atoms with van der Waals surface area (Å²) < 4.78 is 46.3. The van der Waals surface area contributed by atoms with Crippen molar-refractivity contribution in [3.05, 3.63) is 176 Å². The third kappa shape index (κ3) is 4.52. The van der Waals surface area contributed by atoms with Gasteiger partial charge in [-0.2, -0.15) is 9.97 Å². The van der Waals surface area contributed by atoms with Crippen molar-refractivity contribution in [3.8, 4) is 45.5 Å². The summed E-state index contributed by atoms with van der Waals surface area (Å²) in [6, 6.07) is 46.7. The Morgan fingerprint density at radius 2 is 0.900 bits per heavy atom. The summed E-state index contributed by atoms with van der Waals surface area (Å²) in [6.45, 7) is 0. The van der Waals surface area contributed by atoms with Gasteiger partial charge in [0.15, 0.2) is 11.6 Å². The van der Waals surface area contributed by atoms with Gasteiger partial charge < -0.3 is 4.57 Å². The number of aromatic nitrogens is 5. The van der Waals surface area contributed by atoms with Crippen molar-refractivity contribution >= 4 is 43.6 Å². The molecule has 0 spiro atoms. The minimum Gasteiger partial charge on any atom is -0.309 e. The Balaban J connectivity index is 1.25. The van der Waals surface area contributed by atoms with Gasteiger partial charge in [-0.05, 0) is 47.5 Å². The zero-order valence-corrected chi connectivity index (χ0v) is 26.6. The second kappa shape index (κ2) is 11.4. The lowest BCUT2D eigenvalue weighted by Crippen LogP contribution is -2.06. The monoisotopic (exact) mass is 644 g/mol. The molecular formula is C45H29N5. The predicted octanol–water partition coefficient (Wildman–Crippen LogP) is 11.1. The molecule has 0 N–H and O–H groups in total. The maximum absolute atomic E-state index is 8.65. The quantitative estimate of drug-likeness (QED) is 0.187. The van der Waals surface area contributed by atoms with E-state index in [1.54, 1.807) is 6.07 Å². The molecule has 0 unspecified atom stereocenters. The zero-order valence-electron chi connectivity index (χ0n) is 31.6. The molecule has 0 radical (unpaired) electrons. The molecule has 10 rings (SSSR count). The second-order valence-corrected chi connectivity index (χ2v) is 12.2. The van der Waals surface area contributed by atoms with Gasteiger partial charge in [0, 0.05) is 38.4 Å². The second-order valence-electron chi connectivity index (χ2n) is 12.2. The van der Waals surface area contributed by atoms with Crippen LogP contribution in [0.15, 0.2) is 176 Å². The lowest BCUT2D eigenvalue weighted by Gasteiger charge is -2.11. The number of benzene rings is 7. The molecule has 0 bridgehead atoms. The van der Waals surface area contributed by atoms with Crippen LogP contribution in [0.5, 0.6) is 0 Å². The van der Waals surface area contributed by atoms with Crippen molar-refractivity contribution in [1.82, 2.24) is 24.1 Å². The summed E-state index contributed by atoms with van der Waals surface area (Å²) in [7, 11) is 0. The van der Waals surface area contributed by atoms with Crippen LogP contribution in [0.1, 0.15) is 6.85 Å². The molecule has 0 atom stereocenters. The smallest absolute Gasteiger partial charge is 0.238 e. The highest BCUT2D eigenvalue weighted by atomic mass is 15.2. The van der Waals surface area contributed by atoms with E-state index in [-0.39, 0.29) is 29.7 Å². The molecule has 0 aliphatic rings. The van der Waals surface area contributed by atoms with E-state index >= 15 is 0 Å². The third-order valence-electron chi connectivity index (χ3n) is 9.25. The molecule has 0 aliphatic heterocycles. The summed E-state index contributed by atoms with van der Waals surface area (Å²) in [5.74, 6) is 1.66. The number of hydrogen-bond acceptors (Lipinski definition) is 3. The molecule has 234 valence electrons. The fourth-order valence-electron chi connectivity index (χ4n) is 7.02. The Labute approximate surface area is 295 Å². The first-order chi connectivity index (χ1) is 26.9. The Morgan fingerprint density at radius 3 is 1.52 bits per heavy atom. The number of rotatable bonds is 5. The summed E-state index contributed by atoms with van der Waals surface area (Å²) in [4.78, 5) is 15.1. The fraction of sp³-hybridized carbons (Fsp3) is 0. The first kappa shape index (κ1) is 23.5. The average Bonchev–Trinajstić information content (AvgIpc) is 3.74. The van der Waals surface area contributed by atoms with Gasteiger partial charge in [0.1, 0.15) is 0 Å². The minimum absolute atomic E-state index is 0.168. The predicted molar refractivity (Wildman–Crippen MR) is 205 cm³/mol. The topological polar surface area (TPSA) is 48.5 Å². The van der Waals surface area contributed by atoms with Crippen molar-refractivity contribution in [2.75, 3.05) is 0 Å². The molecule has 50 heavy (non-hydrogen) atoms. The van der Waals surface area contributed by atoms with Crippen molar-refractivity contribution in [3.63, 3.8) is 0 Å². The van der Waals surface area contributed by atoms with E-state index in [0.29, 0.717) is 23.2 Å². The van der Waals surface area contributed by atoms with Gasteiger partial charge in [-0.3, -0.25) is 4.57 Å². The molecule has 0 amide bonds. The molecule has 5 nitrogen and oxygen atoms in total. The highest BCUT2D eigenvalue weighted by Crippen LogP contribution is 2.40. The van der Waals surface area contributed by atoms with Crippen LogP contribution in [-0.2, 0) is 0 Å². The van der Waals surface area contributed by atoms with Crippen LogP contribution in [0.3, 0.4) is 0 Å². The van der Waals surface area contributed by atoms with Gasteiger partial charge in [0.25, 0.3) is 0 Å². The van der Waals surface area contributed by atoms with Crippen LogP contribution < -0.4 is 0 Å². The maximum atomic E-state index is 8.65. The van der Waals surface area contributed by atoms with Crippen LogP contribution >= 0.6 is 0 Å². The van der Waals surface area contributed by atoms with Crippen LogP contribution in [0.4, 0.5) is 0 Å². The SMILES string of the molecule is [2H]c1c([2H])c([2H])c(-c2cccc(-n3c4ccccc4c4cc5c(cc43)c3ccccc3n5-c3nc(-c4ccccc4)nc(-c4ccccc4)n3)c2)c([2H])c1[2H]. The Bertz CT molecular complexity index is 3070. The van der Waals surface area contributed by atoms with Crippen LogP contribution in [0, 0.1) is 0 Å². The lowest BCUT2D eigenvalue weighted by atomic mass is 10.1. The molecule has 10 aromatic rings. The van der Waals surface area contributed by atoms with Gasteiger partial charge in [0.2, 0.25) is 5.95 Å². The molecule has 5 heteroatoms. The average molecular weight is 645 g/mol. The van der Waals surface area contributed by atoms with E-state index < -0.39 is 6.04 Å². The number of nitrogens with zero attached hydrogens (tertiary/aromatic N) is 5. The number of para-hydroxylation sites is 2. The standard InChI is InChI=1S/C45H29N5/c1-4-15-30(16-5-1)33-21-14-22-34(27-33)49-39-25-12-10-23-35(39)37-29-42-38(28-41(37)49)36-24-11-13-26-40(36)50(42)45-47-43(31-17-6-2-7-18-31)46-44(48-45)32-19-8-3-9-20-32/h1-29H/i1D,4D,5D,15D,16D. The van der Waals surface area contributed by atoms with E-state index in [0.717, 1.165) is 60.4 Å². The third-order valence-corrected chi connectivity index (χ3v) is 9.25. The van der Waals surface area contributed by atoms with E-state index in [4.69, 9.17) is 21.8 Å². The first-order valence-electron chi connectivity index (χ1n) is 18.9. The van der Waals surface area contributed by atoms with E-state index in [1.165, 1.54) is 0 Å². The number of hydrogen-bond donors (Lipinski definition) is 0. The Kier molecular flexibility index (Phi) is 5.35. The molecule has 0 aliphatic carbocycles. The Hall–Kier alpha value is -6.85. The molecule has 3 aromatic heterocycles. The minimum atomic E-state index is -0.412. The van der Waals surface area contributed by atoms with Crippen molar-refractivity contribution in [1.29, 1.82) is 0 Å². The fourth-order valence-corrected chi connectivity index (χ4v) is 7.02. The summed E-state index contributed by atoms with van der Waals surface area (Å²) in [6.07, 6.45) is 0. The van der Waals surface area contributed by atoms with Crippen LogP contribution in [0.25, 0.3) is 89.2 Å². The van der Waals surface area contributed by atoms with E-state index in [2.05, 4.69) is 45.5 Å². The van der Waals surface area contributed by atoms with Gasteiger partial charge in [0.05, 0.1) is 28.9 Å². The molecule has 7 aromatic carbocycles. The number of fused-ring (bicyclic) bond motifs is 6. The molecule has 0 saturated carbocycles. The summed E-state index contributed by atoms with van der Waals surface area (Å²) in [5, 5.41) is 4.10. The van der Waals surface area contributed by atoms with Crippen LogP contribution in [-0.4, -0.2) is 24.1 Å². The highest BCUT2D eigenvalue weighted by molar-refractivity contribution is 6.19. The van der Waals surface area contributed by atoms with Gasteiger partial charge in [-0.1, -0.05) is 139 Å². The highest BCUT2D eigenvalue weighted by Gasteiger charge is 2.21. The maximum Gasteiger partial charge on any atom is 0.238 e. The molecular weight excluding hydrogens is 611 g/mol. The zero-order chi connectivity index (χ0) is 37.4. The summed E-state index contributed by atoms with van der Waals surface area (Å²) >= 11 is 0. The summed E-state index contributed by atoms with van der Waals surface area (Å²) in [5.41, 5.74) is 7.11. The normalized spacial score (nSPS) is 13.0. The largest absolute Gasteiger partial charge is 0.309 e. The van der Waals surface area contributed by atoms with Crippen molar-refractivity contribution in [2.24, 2.45) is 0 Å². The van der Waals surface area contributed by atoms with Crippen molar-refractivity contribution < 1.29 is 6.85 Å². The van der Waals surface area contributed by atoms with Gasteiger partial charge in [-0.25, -0.2) is 4.98 Å². The molecule has 0 fully saturated rings. The lowest BCUT2D eigenvalue weighted by molar-refractivity contribution is 0.954. The molecule has 3 heterocycles. The van der Waals surface area contributed by atoms with Gasteiger partial charge >= 0.3 is 0 Å². The molecule has 0 saturated heterocycles.